The van der Waals surface area contributed by atoms with Gasteiger partial charge in [0.15, 0.2) is 0 Å². The maximum absolute atomic E-state index is 12.7. The Kier molecular flexibility index (Phi) is 3.25. The van der Waals surface area contributed by atoms with Crippen LogP contribution in [0.5, 0.6) is 0 Å². The summed E-state index contributed by atoms with van der Waals surface area (Å²) in [5.74, 6) is 0. The van der Waals surface area contributed by atoms with E-state index in [0.717, 1.165) is 24.7 Å². The molecule has 3 rings (SSSR count). The molecule has 102 valence electrons. The minimum atomic E-state index is -3.52. The molecule has 0 amide bonds. The van der Waals surface area contributed by atoms with Gasteiger partial charge in [-0.3, -0.25) is 0 Å². The van der Waals surface area contributed by atoms with Crippen LogP contribution in [0.15, 0.2) is 23.1 Å². The van der Waals surface area contributed by atoms with Crippen LogP contribution in [0, 0.1) is 0 Å². The summed E-state index contributed by atoms with van der Waals surface area (Å²) in [6.45, 7) is 1.55. The van der Waals surface area contributed by atoms with E-state index in [-0.39, 0.29) is 10.9 Å². The fraction of sp³-hybridized carbons (Fsp3) is 0.455. The van der Waals surface area contributed by atoms with Crippen molar-refractivity contribution >= 4 is 32.8 Å². The van der Waals surface area contributed by atoms with Crippen molar-refractivity contribution in [2.45, 2.75) is 17.4 Å². The fourth-order valence-electron chi connectivity index (χ4n) is 2.29. The predicted octanol–water partition coefficient (Wildman–Crippen LogP) is 0.674. The lowest BCUT2D eigenvalue weighted by molar-refractivity contribution is 0.388. The van der Waals surface area contributed by atoms with Crippen LogP contribution in [0.1, 0.15) is 6.42 Å². The molecule has 1 N–H and O–H groups in total. The average Bonchev–Trinajstić information content (AvgIpc) is 3.07. The topological polar surface area (TPSA) is 75.2 Å². The highest BCUT2D eigenvalue weighted by molar-refractivity contribution is 7.89. The molecule has 2 aromatic rings. The average molecular weight is 298 g/mol. The molecule has 0 aliphatic carbocycles. The Morgan fingerprint density at radius 1 is 1.42 bits per heavy atom. The molecular formula is C11H14N4O2S2. The van der Waals surface area contributed by atoms with E-state index < -0.39 is 10.0 Å². The highest BCUT2D eigenvalue weighted by Gasteiger charge is 2.31. The number of hydrogen-bond donors (Lipinski definition) is 1. The molecule has 1 fully saturated rings. The van der Waals surface area contributed by atoms with E-state index in [4.69, 9.17) is 0 Å². The van der Waals surface area contributed by atoms with Gasteiger partial charge >= 0.3 is 0 Å². The predicted molar refractivity (Wildman–Crippen MR) is 73.6 cm³/mol. The minimum Gasteiger partial charge on any atom is -0.315 e. The van der Waals surface area contributed by atoms with Gasteiger partial charge in [0.25, 0.3) is 0 Å². The van der Waals surface area contributed by atoms with Crippen LogP contribution >= 0.6 is 11.7 Å². The van der Waals surface area contributed by atoms with Crippen molar-refractivity contribution in [3.05, 3.63) is 18.2 Å². The van der Waals surface area contributed by atoms with Gasteiger partial charge in [-0.2, -0.15) is 13.1 Å². The third kappa shape index (κ3) is 2.14. The zero-order valence-corrected chi connectivity index (χ0v) is 12.0. The van der Waals surface area contributed by atoms with Crippen molar-refractivity contribution in [1.29, 1.82) is 0 Å². The third-order valence-electron chi connectivity index (χ3n) is 3.45. The summed E-state index contributed by atoms with van der Waals surface area (Å²) in [4.78, 5) is 0.244. The summed E-state index contributed by atoms with van der Waals surface area (Å²) in [7, 11) is -1.89. The first-order valence-corrected chi connectivity index (χ1v) is 8.18. The summed E-state index contributed by atoms with van der Waals surface area (Å²) < 4.78 is 35.0. The molecular weight excluding hydrogens is 284 g/mol. The number of nitrogens with zero attached hydrogens (tertiary/aromatic N) is 3. The second-order valence-corrected chi connectivity index (χ2v) is 7.05. The van der Waals surface area contributed by atoms with Crippen molar-refractivity contribution < 1.29 is 8.42 Å². The molecule has 0 radical (unpaired) electrons. The van der Waals surface area contributed by atoms with Crippen LogP contribution in [0.4, 0.5) is 0 Å². The first-order chi connectivity index (χ1) is 9.10. The van der Waals surface area contributed by atoms with Crippen LogP contribution in [0.2, 0.25) is 0 Å². The monoisotopic (exact) mass is 298 g/mol. The lowest BCUT2D eigenvalue weighted by Crippen LogP contribution is -2.38. The summed E-state index contributed by atoms with van der Waals surface area (Å²) in [5, 5.41) is 3.18. The second-order valence-electron chi connectivity index (χ2n) is 4.56. The van der Waals surface area contributed by atoms with Crippen molar-refractivity contribution in [1.82, 2.24) is 18.4 Å². The van der Waals surface area contributed by atoms with Crippen LogP contribution in [0.3, 0.4) is 0 Å². The largest absolute Gasteiger partial charge is 0.315 e. The maximum atomic E-state index is 12.7. The number of benzene rings is 1. The zero-order valence-electron chi connectivity index (χ0n) is 10.4. The Balaban J connectivity index is 2.06. The van der Waals surface area contributed by atoms with Gasteiger partial charge in [0.2, 0.25) is 10.0 Å². The number of aromatic nitrogens is 2. The van der Waals surface area contributed by atoms with Gasteiger partial charge in [0.1, 0.15) is 15.9 Å². The van der Waals surface area contributed by atoms with Crippen molar-refractivity contribution in [2.24, 2.45) is 0 Å². The summed E-state index contributed by atoms with van der Waals surface area (Å²) in [6.07, 6.45) is 0.834. The lowest BCUT2D eigenvalue weighted by Gasteiger charge is -2.23. The molecule has 6 nitrogen and oxygen atoms in total. The third-order valence-corrected chi connectivity index (χ3v) is 5.94. The molecule has 1 atom stereocenters. The second kappa shape index (κ2) is 4.78. The molecule has 1 aliphatic rings. The minimum absolute atomic E-state index is 0.00634. The van der Waals surface area contributed by atoms with E-state index in [9.17, 15) is 8.42 Å². The zero-order chi connectivity index (χ0) is 13.5. The van der Waals surface area contributed by atoms with Crippen molar-refractivity contribution in [3.63, 3.8) is 0 Å². The van der Waals surface area contributed by atoms with E-state index in [2.05, 4.69) is 14.1 Å². The Hall–Kier alpha value is -1.09. The van der Waals surface area contributed by atoms with Crippen LogP contribution in [0.25, 0.3) is 11.0 Å². The number of rotatable bonds is 3. The number of hydrogen-bond acceptors (Lipinski definition) is 6. The van der Waals surface area contributed by atoms with Crippen LogP contribution in [-0.4, -0.2) is 47.6 Å². The first-order valence-electron chi connectivity index (χ1n) is 6.01. The van der Waals surface area contributed by atoms with E-state index in [1.54, 1.807) is 25.2 Å². The van der Waals surface area contributed by atoms with Crippen molar-refractivity contribution in [2.75, 3.05) is 20.1 Å². The normalized spacial score (nSPS) is 20.4. The Morgan fingerprint density at radius 2 is 2.26 bits per heavy atom. The fourth-order valence-corrected chi connectivity index (χ4v) is 4.43. The number of nitrogens with one attached hydrogen (secondary N) is 1. The van der Waals surface area contributed by atoms with Gasteiger partial charge in [0, 0.05) is 19.6 Å². The quantitative estimate of drug-likeness (QED) is 0.901. The molecule has 1 aliphatic heterocycles. The molecule has 19 heavy (non-hydrogen) atoms. The highest BCUT2D eigenvalue weighted by Crippen LogP contribution is 2.25. The van der Waals surface area contributed by atoms with E-state index >= 15 is 0 Å². The first kappa shape index (κ1) is 12.9. The SMILES string of the molecule is CN(C1CCNC1)S(=O)(=O)c1cccc2nsnc12. The molecule has 1 aromatic heterocycles. The van der Waals surface area contributed by atoms with Crippen LogP contribution in [-0.2, 0) is 10.0 Å². The molecule has 8 heteroatoms. The van der Waals surface area contributed by atoms with E-state index in [1.165, 1.54) is 4.31 Å². The molecule has 0 bridgehead atoms. The molecule has 0 spiro atoms. The number of fused-ring (bicyclic) bond motifs is 1. The van der Waals surface area contributed by atoms with Gasteiger partial charge in [0.05, 0.1) is 11.7 Å². The van der Waals surface area contributed by atoms with Gasteiger partial charge in [-0.15, -0.1) is 0 Å². The summed E-state index contributed by atoms with van der Waals surface area (Å²) in [6, 6.07) is 5.08. The van der Waals surface area contributed by atoms with Gasteiger partial charge in [-0.05, 0) is 25.1 Å². The van der Waals surface area contributed by atoms with Gasteiger partial charge < -0.3 is 5.32 Å². The standard InChI is InChI=1S/C11H14N4O2S2/c1-15(8-5-6-12-7-8)19(16,17)10-4-2-3-9-11(10)14-18-13-9/h2-4,8,12H,5-7H2,1H3. The Morgan fingerprint density at radius 3 is 3.00 bits per heavy atom. The highest BCUT2D eigenvalue weighted by atomic mass is 32.2. The van der Waals surface area contributed by atoms with Crippen molar-refractivity contribution in [3.8, 4) is 0 Å². The van der Waals surface area contributed by atoms with Gasteiger partial charge in [-0.1, -0.05) is 6.07 Å². The Labute approximate surface area is 115 Å². The van der Waals surface area contributed by atoms with E-state index in [1.807, 2.05) is 0 Å². The molecule has 0 saturated carbocycles. The van der Waals surface area contributed by atoms with Crippen LogP contribution < -0.4 is 5.32 Å². The molecule has 2 heterocycles. The molecule has 1 saturated heterocycles. The number of sulfonamides is 1. The van der Waals surface area contributed by atoms with Gasteiger partial charge in [-0.25, -0.2) is 8.42 Å². The smallest absolute Gasteiger partial charge is 0.245 e. The lowest BCUT2D eigenvalue weighted by atomic mass is 10.3. The van der Waals surface area contributed by atoms with E-state index in [0.29, 0.717) is 17.6 Å². The molecule has 1 aromatic carbocycles. The summed E-state index contributed by atoms with van der Waals surface area (Å²) in [5.41, 5.74) is 1.09. The molecule has 1 unspecified atom stereocenters. The number of likely N-dealkylation sites (N-methyl/N-ethyl adjacent to an activating group) is 1. The Bertz CT molecular complexity index is 692. The summed E-state index contributed by atoms with van der Waals surface area (Å²) >= 11 is 1.03. The maximum Gasteiger partial charge on any atom is 0.245 e.